The summed E-state index contributed by atoms with van der Waals surface area (Å²) in [4.78, 5) is 17.1. The molecule has 0 saturated heterocycles. The summed E-state index contributed by atoms with van der Waals surface area (Å²) >= 11 is 0. The number of aldehydes is 1. The predicted octanol–water partition coefficient (Wildman–Crippen LogP) is 2.09. The average Bonchev–Trinajstić information content (AvgIpc) is 2.55. The molecule has 0 aromatic carbocycles. The molecule has 1 aliphatic rings. The van der Waals surface area contributed by atoms with E-state index in [4.69, 9.17) is 9.47 Å². The number of carbonyl (C=O) groups is 1. The number of halogens is 2. The lowest BCUT2D eigenvalue weighted by Crippen LogP contribution is -2.39. The van der Waals surface area contributed by atoms with Crippen LogP contribution in [0.25, 0.3) is 6.08 Å². The predicted molar refractivity (Wildman–Crippen MR) is 79.5 cm³/mol. The molecule has 0 saturated carbocycles. The quantitative estimate of drug-likeness (QED) is 0.538. The van der Waals surface area contributed by atoms with E-state index >= 15 is 0 Å². The third-order valence-corrected chi connectivity index (χ3v) is 3.49. The normalized spacial score (nSPS) is 16.8. The molecule has 0 fully saturated rings. The number of carbonyl (C=O) groups excluding carboxylic acids is 1. The fraction of sp³-hybridized carbons (Fsp3) is 0.467. The first-order valence-electron chi connectivity index (χ1n) is 6.99. The molecule has 0 spiro atoms. The molecule has 0 N–H and O–H groups in total. The number of hydrogen-bond acceptors (Lipinski definition) is 6. The van der Waals surface area contributed by atoms with E-state index < -0.39 is 18.9 Å². The molecule has 2 heterocycles. The number of rotatable bonds is 8. The van der Waals surface area contributed by atoms with Gasteiger partial charge in [-0.15, -0.1) is 0 Å². The van der Waals surface area contributed by atoms with Gasteiger partial charge in [0.25, 0.3) is 0 Å². The molecule has 0 radical (unpaired) electrons. The molecule has 6 nitrogen and oxygen atoms in total. The molecule has 0 amide bonds. The highest BCUT2D eigenvalue weighted by atomic mass is 19.3. The molecule has 2 rings (SSSR count). The first kappa shape index (κ1) is 17.3. The second-order valence-electron chi connectivity index (χ2n) is 4.82. The molecular weight excluding hydrogens is 310 g/mol. The third-order valence-electron chi connectivity index (χ3n) is 3.49. The fourth-order valence-corrected chi connectivity index (χ4v) is 2.39. The molecule has 0 bridgehead atoms. The monoisotopic (exact) mass is 328 g/mol. The molecule has 1 aliphatic heterocycles. The zero-order valence-electron chi connectivity index (χ0n) is 12.8. The molecule has 1 aromatic rings. The highest BCUT2D eigenvalue weighted by Gasteiger charge is 2.24. The Labute approximate surface area is 132 Å². The number of ether oxygens (including phenoxy) is 3. The molecule has 126 valence electrons. The van der Waals surface area contributed by atoms with Crippen LogP contribution in [0.5, 0.6) is 5.75 Å². The van der Waals surface area contributed by atoms with Crippen molar-refractivity contribution in [1.82, 2.24) is 4.98 Å². The van der Waals surface area contributed by atoms with Gasteiger partial charge in [-0.05, 0) is 6.08 Å². The van der Waals surface area contributed by atoms with Crippen LogP contribution in [0.3, 0.4) is 0 Å². The summed E-state index contributed by atoms with van der Waals surface area (Å²) in [5.74, 6) is -0.0567. The zero-order valence-corrected chi connectivity index (χ0v) is 12.8. The van der Waals surface area contributed by atoms with Crippen LogP contribution in [0.2, 0.25) is 0 Å². The van der Waals surface area contributed by atoms with Crippen LogP contribution in [0, 0.1) is 0 Å². The summed E-state index contributed by atoms with van der Waals surface area (Å²) in [6, 6.07) is 0.934. The lowest BCUT2D eigenvalue weighted by molar-refractivity contribution is -0.109. The van der Waals surface area contributed by atoms with Gasteiger partial charge in [-0.25, -0.2) is 0 Å². The molecule has 1 aromatic heterocycles. The lowest BCUT2D eigenvalue weighted by atomic mass is 10.1. The van der Waals surface area contributed by atoms with Crippen LogP contribution in [-0.2, 0) is 14.3 Å². The van der Waals surface area contributed by atoms with Crippen LogP contribution >= 0.6 is 0 Å². The topological polar surface area (TPSA) is 60.9 Å². The molecule has 1 unspecified atom stereocenters. The van der Waals surface area contributed by atoms with E-state index in [2.05, 4.69) is 9.72 Å². The van der Waals surface area contributed by atoms with E-state index in [0.717, 1.165) is 6.29 Å². The number of hydrogen-bond donors (Lipinski definition) is 0. The van der Waals surface area contributed by atoms with Crippen LogP contribution < -0.4 is 9.64 Å². The van der Waals surface area contributed by atoms with Gasteiger partial charge in [0.15, 0.2) is 6.29 Å². The summed E-state index contributed by atoms with van der Waals surface area (Å²) in [6.45, 7) is -2.51. The summed E-state index contributed by atoms with van der Waals surface area (Å²) in [5, 5.41) is 0. The highest BCUT2D eigenvalue weighted by Crippen LogP contribution is 2.31. The minimum absolute atomic E-state index is 0.0567. The Kier molecular flexibility index (Phi) is 6.00. The molecular formula is C15H18F2N2O4. The number of alkyl halides is 2. The average molecular weight is 328 g/mol. The summed E-state index contributed by atoms with van der Waals surface area (Å²) in [7, 11) is 3.04. The zero-order chi connectivity index (χ0) is 16.8. The van der Waals surface area contributed by atoms with Crippen molar-refractivity contribution in [2.45, 2.75) is 25.4 Å². The molecule has 23 heavy (non-hydrogen) atoms. The van der Waals surface area contributed by atoms with Gasteiger partial charge < -0.3 is 23.9 Å². The first-order chi connectivity index (χ1) is 11.1. The van der Waals surface area contributed by atoms with Crippen LogP contribution in [-0.4, -0.2) is 51.0 Å². The lowest BCUT2D eigenvalue weighted by Gasteiger charge is -2.33. The molecule has 0 aliphatic carbocycles. The van der Waals surface area contributed by atoms with Gasteiger partial charge in [-0.1, -0.05) is 6.08 Å². The largest absolute Gasteiger partial charge is 0.433 e. The van der Waals surface area contributed by atoms with E-state index in [-0.39, 0.29) is 5.75 Å². The summed E-state index contributed by atoms with van der Waals surface area (Å²) < 4.78 is 39.4. The van der Waals surface area contributed by atoms with E-state index in [0.29, 0.717) is 24.3 Å². The number of methoxy groups -OCH3 is 2. The summed E-state index contributed by atoms with van der Waals surface area (Å²) in [6.07, 6.45) is 5.44. The maximum atomic E-state index is 12.4. The molecule has 1 atom stereocenters. The Morgan fingerprint density at radius 1 is 1.39 bits per heavy atom. The standard InChI is InChI=1S/C15H18F2N2O4/c1-21-14(22-2)5-6-19-10(9-20)3-4-12-13(19)7-11(8-18-12)23-15(16)17/h3-4,7-10,14-15H,5-6H2,1-2H3. The van der Waals surface area contributed by atoms with Crippen molar-refractivity contribution in [3.05, 3.63) is 24.0 Å². The second-order valence-corrected chi connectivity index (χ2v) is 4.82. The second kappa shape index (κ2) is 7.98. The van der Waals surface area contributed by atoms with Crippen molar-refractivity contribution in [2.75, 3.05) is 25.7 Å². The van der Waals surface area contributed by atoms with E-state index in [1.54, 1.807) is 17.1 Å². The maximum Gasteiger partial charge on any atom is 0.387 e. The van der Waals surface area contributed by atoms with Crippen LogP contribution in [0.1, 0.15) is 12.1 Å². The fourth-order valence-electron chi connectivity index (χ4n) is 2.39. The van der Waals surface area contributed by atoms with Crippen LogP contribution in [0.15, 0.2) is 18.3 Å². The van der Waals surface area contributed by atoms with Gasteiger partial charge in [0.1, 0.15) is 18.1 Å². The SMILES string of the molecule is COC(CCN1c2cc(OC(F)F)cnc2C=CC1C=O)OC. The van der Waals surface area contributed by atoms with Crippen molar-refractivity contribution in [3.63, 3.8) is 0 Å². The van der Waals surface area contributed by atoms with Gasteiger partial charge in [0.2, 0.25) is 0 Å². The van der Waals surface area contributed by atoms with Crippen molar-refractivity contribution in [2.24, 2.45) is 0 Å². The Morgan fingerprint density at radius 3 is 2.74 bits per heavy atom. The highest BCUT2D eigenvalue weighted by molar-refractivity contribution is 5.79. The van der Waals surface area contributed by atoms with Crippen molar-refractivity contribution in [1.29, 1.82) is 0 Å². The number of aromatic nitrogens is 1. The Balaban J connectivity index is 2.25. The van der Waals surface area contributed by atoms with E-state index in [1.165, 1.54) is 26.5 Å². The number of fused-ring (bicyclic) bond motifs is 1. The maximum absolute atomic E-state index is 12.4. The van der Waals surface area contributed by atoms with E-state index in [1.807, 2.05) is 0 Å². The number of pyridine rings is 1. The van der Waals surface area contributed by atoms with Gasteiger partial charge in [0.05, 0.1) is 17.6 Å². The smallest absolute Gasteiger partial charge is 0.387 e. The van der Waals surface area contributed by atoms with Gasteiger partial charge >= 0.3 is 6.61 Å². The summed E-state index contributed by atoms with van der Waals surface area (Å²) in [5.41, 5.74) is 1.13. The number of anilines is 1. The van der Waals surface area contributed by atoms with Crippen molar-refractivity contribution in [3.8, 4) is 5.75 Å². The minimum Gasteiger partial charge on any atom is -0.433 e. The molecule has 8 heteroatoms. The number of nitrogens with zero attached hydrogens (tertiary/aromatic N) is 2. The van der Waals surface area contributed by atoms with Crippen molar-refractivity contribution < 1.29 is 27.8 Å². The Bertz CT molecular complexity index is 564. The Morgan fingerprint density at radius 2 is 2.13 bits per heavy atom. The van der Waals surface area contributed by atoms with Gasteiger partial charge in [0, 0.05) is 33.3 Å². The minimum atomic E-state index is -2.93. The van der Waals surface area contributed by atoms with Crippen LogP contribution in [0.4, 0.5) is 14.5 Å². The third kappa shape index (κ3) is 4.23. The van der Waals surface area contributed by atoms with E-state index in [9.17, 15) is 13.6 Å². The van der Waals surface area contributed by atoms with Gasteiger partial charge in [-0.2, -0.15) is 8.78 Å². The van der Waals surface area contributed by atoms with Gasteiger partial charge in [-0.3, -0.25) is 4.98 Å². The first-order valence-corrected chi connectivity index (χ1v) is 6.99. The Hall–Kier alpha value is -2.06. The van der Waals surface area contributed by atoms with Crippen molar-refractivity contribution >= 4 is 18.0 Å².